The van der Waals surface area contributed by atoms with Gasteiger partial charge in [-0.25, -0.2) is 0 Å². The Balaban J connectivity index is 1.63. The van der Waals surface area contributed by atoms with Gasteiger partial charge >= 0.3 is 0 Å². The number of halogens is 1. The van der Waals surface area contributed by atoms with Gasteiger partial charge in [0, 0.05) is 5.02 Å². The first-order chi connectivity index (χ1) is 10.6. The van der Waals surface area contributed by atoms with Gasteiger partial charge in [-0.3, -0.25) is 4.79 Å². The summed E-state index contributed by atoms with van der Waals surface area (Å²) in [5.74, 6) is 1.17. The van der Waals surface area contributed by atoms with E-state index in [0.29, 0.717) is 29.7 Å². The lowest BCUT2D eigenvalue weighted by molar-refractivity contribution is -0.123. The number of carbonyl (C=O) groups excluding carboxylic acids is 1. The summed E-state index contributed by atoms with van der Waals surface area (Å²) in [6.45, 7) is 2.69. The summed E-state index contributed by atoms with van der Waals surface area (Å²) >= 11 is 6.01. The number of benzene rings is 2. The van der Waals surface area contributed by atoms with Gasteiger partial charge in [-0.2, -0.15) is 0 Å². The number of ether oxygens (including phenoxy) is 2. The van der Waals surface area contributed by atoms with E-state index in [0.717, 1.165) is 5.56 Å². The van der Waals surface area contributed by atoms with Gasteiger partial charge in [0.15, 0.2) is 6.61 Å². The minimum absolute atomic E-state index is 0.0135. The first kappa shape index (κ1) is 16.2. The maximum Gasteiger partial charge on any atom is 0.258 e. The number of hydrogen-bond donors (Lipinski definition) is 1. The molecule has 5 heteroatoms. The summed E-state index contributed by atoms with van der Waals surface area (Å²) in [5.41, 5.74) is 1.00. The molecule has 0 atom stereocenters. The van der Waals surface area contributed by atoms with Crippen molar-refractivity contribution >= 4 is 17.5 Å². The molecule has 1 amide bonds. The largest absolute Gasteiger partial charge is 0.492 e. The summed E-state index contributed by atoms with van der Waals surface area (Å²) in [4.78, 5) is 11.6. The summed E-state index contributed by atoms with van der Waals surface area (Å²) in [6.07, 6.45) is 0. The highest BCUT2D eigenvalue weighted by molar-refractivity contribution is 6.31. The molecular weight excluding hydrogens is 302 g/mol. The lowest BCUT2D eigenvalue weighted by Crippen LogP contribution is -2.32. The van der Waals surface area contributed by atoms with E-state index in [1.54, 1.807) is 18.2 Å². The fourth-order valence-electron chi connectivity index (χ4n) is 1.74. The van der Waals surface area contributed by atoms with Crippen molar-refractivity contribution in [1.82, 2.24) is 5.32 Å². The van der Waals surface area contributed by atoms with Crippen molar-refractivity contribution in [2.45, 2.75) is 6.92 Å². The van der Waals surface area contributed by atoms with Crippen LogP contribution in [-0.2, 0) is 4.79 Å². The number of aryl methyl sites for hydroxylation is 1. The molecule has 0 aromatic heterocycles. The van der Waals surface area contributed by atoms with Crippen LogP contribution < -0.4 is 14.8 Å². The number of para-hydroxylation sites is 1. The third-order valence-electron chi connectivity index (χ3n) is 2.95. The van der Waals surface area contributed by atoms with E-state index in [4.69, 9.17) is 21.1 Å². The Labute approximate surface area is 135 Å². The van der Waals surface area contributed by atoms with Gasteiger partial charge in [-0.15, -0.1) is 0 Å². The van der Waals surface area contributed by atoms with Crippen LogP contribution in [0.5, 0.6) is 11.5 Å². The highest BCUT2D eigenvalue weighted by atomic mass is 35.5. The van der Waals surface area contributed by atoms with Crippen molar-refractivity contribution in [1.29, 1.82) is 0 Å². The fourth-order valence-corrected chi connectivity index (χ4v) is 1.91. The molecule has 22 heavy (non-hydrogen) atoms. The Morgan fingerprint density at radius 1 is 1.09 bits per heavy atom. The summed E-state index contributed by atoms with van der Waals surface area (Å²) in [7, 11) is 0. The number of hydrogen-bond acceptors (Lipinski definition) is 3. The Bertz CT molecular complexity index is 617. The smallest absolute Gasteiger partial charge is 0.258 e. The fraction of sp³-hybridized carbons (Fsp3) is 0.235. The van der Waals surface area contributed by atoms with Gasteiger partial charge < -0.3 is 14.8 Å². The Hall–Kier alpha value is -2.20. The zero-order chi connectivity index (χ0) is 15.8. The van der Waals surface area contributed by atoms with Gasteiger partial charge in [0.1, 0.15) is 18.1 Å². The molecule has 0 saturated heterocycles. The van der Waals surface area contributed by atoms with Crippen molar-refractivity contribution in [2.75, 3.05) is 19.8 Å². The van der Waals surface area contributed by atoms with Crippen molar-refractivity contribution in [3.8, 4) is 11.5 Å². The monoisotopic (exact) mass is 319 g/mol. The molecule has 4 nitrogen and oxygen atoms in total. The van der Waals surface area contributed by atoms with Crippen molar-refractivity contribution in [2.24, 2.45) is 0 Å². The quantitative estimate of drug-likeness (QED) is 0.797. The molecule has 0 aliphatic rings. The van der Waals surface area contributed by atoms with Crippen molar-refractivity contribution < 1.29 is 14.3 Å². The minimum Gasteiger partial charge on any atom is -0.492 e. The zero-order valence-electron chi connectivity index (χ0n) is 12.3. The third kappa shape index (κ3) is 5.30. The van der Waals surface area contributed by atoms with Gasteiger partial charge in [0.05, 0.1) is 6.54 Å². The molecular formula is C17H18ClNO3. The van der Waals surface area contributed by atoms with Crippen LogP contribution in [0.25, 0.3) is 0 Å². The molecule has 0 spiro atoms. The maximum atomic E-state index is 11.6. The SMILES string of the molecule is Cc1ccc(OCCNC(=O)COc2ccccc2)cc1Cl. The second kappa shape index (κ2) is 8.29. The molecule has 0 radical (unpaired) electrons. The van der Waals surface area contributed by atoms with E-state index >= 15 is 0 Å². The molecule has 2 aromatic rings. The maximum absolute atomic E-state index is 11.6. The lowest BCUT2D eigenvalue weighted by Gasteiger charge is -2.09. The Morgan fingerprint density at radius 2 is 1.86 bits per heavy atom. The molecule has 0 aliphatic heterocycles. The van der Waals surface area contributed by atoms with Crippen LogP contribution in [0.3, 0.4) is 0 Å². The topological polar surface area (TPSA) is 47.6 Å². The normalized spacial score (nSPS) is 10.1. The predicted molar refractivity (Wildman–Crippen MR) is 86.6 cm³/mol. The first-order valence-corrected chi connectivity index (χ1v) is 7.36. The average Bonchev–Trinajstić information content (AvgIpc) is 2.54. The Kier molecular flexibility index (Phi) is 6.10. The second-order valence-electron chi connectivity index (χ2n) is 4.71. The van der Waals surface area contributed by atoms with Crippen molar-refractivity contribution in [3.05, 3.63) is 59.1 Å². The van der Waals surface area contributed by atoms with E-state index in [2.05, 4.69) is 5.32 Å². The molecule has 0 heterocycles. The zero-order valence-corrected chi connectivity index (χ0v) is 13.1. The standard InChI is InChI=1S/C17H18ClNO3/c1-13-7-8-15(11-16(13)18)21-10-9-19-17(20)12-22-14-5-3-2-4-6-14/h2-8,11H,9-10,12H2,1H3,(H,19,20). The summed E-state index contributed by atoms with van der Waals surface area (Å²) < 4.78 is 10.9. The number of carbonyl (C=O) groups is 1. The van der Waals surface area contributed by atoms with Crippen LogP contribution in [-0.4, -0.2) is 25.7 Å². The van der Waals surface area contributed by atoms with Crippen LogP contribution in [0.1, 0.15) is 5.56 Å². The van der Waals surface area contributed by atoms with Crippen LogP contribution in [0.2, 0.25) is 5.02 Å². The number of amides is 1. The van der Waals surface area contributed by atoms with Gasteiger partial charge in [0.25, 0.3) is 5.91 Å². The van der Waals surface area contributed by atoms with Crippen LogP contribution in [0.4, 0.5) is 0 Å². The highest BCUT2D eigenvalue weighted by Crippen LogP contribution is 2.21. The predicted octanol–water partition coefficient (Wildman–Crippen LogP) is 3.22. The van der Waals surface area contributed by atoms with Gasteiger partial charge in [-0.05, 0) is 36.8 Å². The van der Waals surface area contributed by atoms with Crippen LogP contribution in [0, 0.1) is 6.92 Å². The van der Waals surface area contributed by atoms with E-state index in [9.17, 15) is 4.79 Å². The van der Waals surface area contributed by atoms with Gasteiger partial charge in [-0.1, -0.05) is 35.9 Å². The molecule has 0 unspecified atom stereocenters. The highest BCUT2D eigenvalue weighted by Gasteiger charge is 2.03. The molecule has 1 N–H and O–H groups in total. The molecule has 0 fully saturated rings. The van der Waals surface area contributed by atoms with E-state index in [-0.39, 0.29) is 12.5 Å². The summed E-state index contributed by atoms with van der Waals surface area (Å²) in [6, 6.07) is 14.7. The number of nitrogens with one attached hydrogen (secondary N) is 1. The van der Waals surface area contributed by atoms with E-state index < -0.39 is 0 Å². The van der Waals surface area contributed by atoms with Gasteiger partial charge in [0.2, 0.25) is 0 Å². The third-order valence-corrected chi connectivity index (χ3v) is 3.36. The summed E-state index contributed by atoms with van der Waals surface area (Å²) in [5, 5.41) is 3.39. The Morgan fingerprint density at radius 3 is 2.59 bits per heavy atom. The van der Waals surface area contributed by atoms with Crippen LogP contribution in [0.15, 0.2) is 48.5 Å². The molecule has 2 aromatic carbocycles. The molecule has 116 valence electrons. The van der Waals surface area contributed by atoms with Crippen molar-refractivity contribution in [3.63, 3.8) is 0 Å². The molecule has 0 bridgehead atoms. The molecule has 2 rings (SSSR count). The van der Waals surface area contributed by atoms with E-state index in [1.165, 1.54) is 0 Å². The lowest BCUT2D eigenvalue weighted by atomic mass is 10.2. The average molecular weight is 320 g/mol. The van der Waals surface area contributed by atoms with Crippen LogP contribution >= 0.6 is 11.6 Å². The molecule has 0 aliphatic carbocycles. The first-order valence-electron chi connectivity index (χ1n) is 6.98. The minimum atomic E-state index is -0.186. The molecule has 0 saturated carbocycles. The number of rotatable bonds is 7. The second-order valence-corrected chi connectivity index (χ2v) is 5.12. The van der Waals surface area contributed by atoms with E-state index in [1.807, 2.05) is 37.3 Å².